The maximum atomic E-state index is 16.1. The number of esters is 1. The number of nitrogens with zero attached hydrogens (tertiary/aromatic N) is 1. The van der Waals surface area contributed by atoms with Gasteiger partial charge in [-0.3, -0.25) is 9.79 Å². The number of ether oxygens (including phenoxy) is 3. The van der Waals surface area contributed by atoms with Crippen molar-refractivity contribution in [3.05, 3.63) is 93.0 Å². The molecule has 3 aromatic rings. The van der Waals surface area contributed by atoms with Crippen molar-refractivity contribution < 1.29 is 32.6 Å². The molecule has 47 heavy (non-hydrogen) atoms. The van der Waals surface area contributed by atoms with Crippen LogP contribution in [0.5, 0.6) is 5.75 Å². The molecule has 12 heteroatoms. The summed E-state index contributed by atoms with van der Waals surface area (Å²) in [6, 6.07) is 11.6. The van der Waals surface area contributed by atoms with Crippen LogP contribution in [0.15, 0.2) is 59.6 Å². The number of methoxy groups -OCH3 is 2. The molecule has 8 nitrogen and oxygen atoms in total. The summed E-state index contributed by atoms with van der Waals surface area (Å²) in [5.41, 5.74) is -0.919. The van der Waals surface area contributed by atoms with Crippen LogP contribution in [0, 0.1) is 17.0 Å². The van der Waals surface area contributed by atoms with Gasteiger partial charge in [0.2, 0.25) is 5.91 Å². The third-order valence-electron chi connectivity index (χ3n) is 8.18. The standard InChI is InChI=1S/C35H39Cl2F2N3O5/c1-34(2,3)18-28-35(19-40-4,23-12-11-21(36)17-25(23)38)29(22-8-7-9-24(37)30(22)39)31(42-28)32(43)41-26-13-10-20(16-27(26)46-6)33(44)47-15-14-45-5/h7-13,16-17,19,28-29,31,42H,14-15,18H2,1-6H3,(H,41,43). The van der Waals surface area contributed by atoms with Crippen molar-refractivity contribution in [2.75, 3.05) is 39.8 Å². The van der Waals surface area contributed by atoms with Crippen LogP contribution in [0.1, 0.15) is 54.6 Å². The molecule has 4 rings (SSSR count). The predicted octanol–water partition coefficient (Wildman–Crippen LogP) is 7.22. The van der Waals surface area contributed by atoms with Gasteiger partial charge in [-0.2, -0.15) is 0 Å². The Kier molecular flexibility index (Phi) is 11.7. The topological polar surface area (TPSA) is 98.3 Å². The van der Waals surface area contributed by atoms with E-state index in [2.05, 4.69) is 15.6 Å². The number of hydrogen-bond acceptors (Lipinski definition) is 7. The molecular formula is C35H39Cl2F2N3O5. The lowest BCUT2D eigenvalue weighted by atomic mass is 9.62. The highest BCUT2D eigenvalue weighted by atomic mass is 35.5. The number of rotatable bonds is 11. The van der Waals surface area contributed by atoms with Gasteiger partial charge in [0.15, 0.2) is 0 Å². The van der Waals surface area contributed by atoms with Crippen LogP contribution in [0.3, 0.4) is 0 Å². The molecular weight excluding hydrogens is 651 g/mol. The molecule has 1 saturated heterocycles. The third kappa shape index (κ3) is 7.78. The van der Waals surface area contributed by atoms with Crippen molar-refractivity contribution in [3.8, 4) is 5.75 Å². The van der Waals surface area contributed by atoms with E-state index in [4.69, 9.17) is 37.4 Å². The van der Waals surface area contributed by atoms with Crippen molar-refractivity contribution >= 4 is 47.0 Å². The predicted molar refractivity (Wildman–Crippen MR) is 180 cm³/mol. The Morgan fingerprint density at radius 3 is 2.45 bits per heavy atom. The zero-order chi connectivity index (χ0) is 34.5. The highest BCUT2D eigenvalue weighted by Gasteiger charge is 2.59. The first kappa shape index (κ1) is 36.3. The second kappa shape index (κ2) is 15.1. The van der Waals surface area contributed by atoms with Crippen LogP contribution in [0.2, 0.25) is 10.0 Å². The molecule has 1 amide bonds. The first-order valence-corrected chi connectivity index (χ1v) is 15.8. The van der Waals surface area contributed by atoms with Crippen LogP contribution < -0.4 is 15.4 Å². The fourth-order valence-electron chi connectivity index (χ4n) is 6.29. The molecule has 1 aliphatic rings. The fourth-order valence-corrected chi connectivity index (χ4v) is 6.63. The van der Waals surface area contributed by atoms with E-state index in [0.717, 1.165) is 0 Å². The number of carbonyl (C=O) groups is 2. The van der Waals surface area contributed by atoms with Gasteiger partial charge in [-0.25, -0.2) is 13.6 Å². The molecule has 0 aromatic heterocycles. The molecule has 1 fully saturated rings. The molecule has 0 aliphatic carbocycles. The average molecular weight is 691 g/mol. The van der Waals surface area contributed by atoms with E-state index in [1.54, 1.807) is 37.5 Å². The Morgan fingerprint density at radius 2 is 1.81 bits per heavy atom. The quantitative estimate of drug-likeness (QED) is 0.125. The van der Waals surface area contributed by atoms with E-state index in [1.807, 2.05) is 20.8 Å². The van der Waals surface area contributed by atoms with Crippen molar-refractivity contribution in [3.63, 3.8) is 0 Å². The van der Waals surface area contributed by atoms with E-state index in [1.165, 1.54) is 44.6 Å². The fraction of sp³-hybridized carbons (Fsp3) is 0.400. The van der Waals surface area contributed by atoms with Crippen molar-refractivity contribution in [1.82, 2.24) is 5.32 Å². The highest BCUT2D eigenvalue weighted by Crippen LogP contribution is 2.52. The van der Waals surface area contributed by atoms with Gasteiger partial charge in [0, 0.05) is 42.9 Å². The third-order valence-corrected chi connectivity index (χ3v) is 8.70. The molecule has 0 bridgehead atoms. The molecule has 4 unspecified atom stereocenters. The molecule has 1 aliphatic heterocycles. The summed E-state index contributed by atoms with van der Waals surface area (Å²) in [6.45, 7) is 6.37. The number of aliphatic imine (C=N–C) groups is 1. The van der Waals surface area contributed by atoms with E-state index in [9.17, 15) is 9.59 Å². The number of amides is 1. The Balaban J connectivity index is 1.88. The largest absolute Gasteiger partial charge is 0.495 e. The highest BCUT2D eigenvalue weighted by molar-refractivity contribution is 6.31. The Hall–Kier alpha value is -3.57. The minimum absolute atomic E-state index is 0.0672. The second-order valence-electron chi connectivity index (χ2n) is 12.6. The molecule has 0 saturated carbocycles. The van der Waals surface area contributed by atoms with Gasteiger partial charge >= 0.3 is 5.97 Å². The molecule has 1 heterocycles. The van der Waals surface area contributed by atoms with E-state index in [-0.39, 0.29) is 56.8 Å². The Morgan fingerprint density at radius 1 is 1.06 bits per heavy atom. The van der Waals surface area contributed by atoms with Crippen LogP contribution in [-0.2, 0) is 19.7 Å². The summed E-state index contributed by atoms with van der Waals surface area (Å²) in [4.78, 5) is 31.3. The number of halogens is 4. The molecule has 2 N–H and O–H groups in total. The van der Waals surface area contributed by atoms with Crippen LogP contribution >= 0.6 is 23.2 Å². The summed E-state index contributed by atoms with van der Waals surface area (Å²) in [5.74, 6) is -3.34. The van der Waals surface area contributed by atoms with Crippen molar-refractivity contribution in [2.45, 2.75) is 50.6 Å². The van der Waals surface area contributed by atoms with Gasteiger partial charge in [-0.15, -0.1) is 0 Å². The number of nitrogens with one attached hydrogen (secondary N) is 2. The molecule has 0 spiro atoms. The zero-order valence-corrected chi connectivity index (χ0v) is 28.6. The van der Waals surface area contributed by atoms with Gasteiger partial charge in [0.05, 0.1) is 41.4 Å². The van der Waals surface area contributed by atoms with E-state index >= 15 is 8.78 Å². The lowest BCUT2D eigenvalue weighted by Gasteiger charge is -2.40. The minimum atomic E-state index is -1.37. The number of hydrogen-bond donors (Lipinski definition) is 2. The number of anilines is 1. The summed E-state index contributed by atoms with van der Waals surface area (Å²) >= 11 is 12.5. The molecule has 4 atom stereocenters. The van der Waals surface area contributed by atoms with Crippen molar-refractivity contribution in [2.24, 2.45) is 10.4 Å². The summed E-state index contributed by atoms with van der Waals surface area (Å²) in [7, 11) is 4.44. The van der Waals surface area contributed by atoms with Gasteiger partial charge in [-0.1, -0.05) is 62.2 Å². The first-order chi connectivity index (χ1) is 22.3. The zero-order valence-electron chi connectivity index (χ0n) is 27.1. The number of benzene rings is 3. The van der Waals surface area contributed by atoms with E-state index in [0.29, 0.717) is 6.42 Å². The average Bonchev–Trinajstić information content (AvgIpc) is 3.31. The lowest BCUT2D eigenvalue weighted by molar-refractivity contribution is -0.118. The Labute approximate surface area is 283 Å². The summed E-state index contributed by atoms with van der Waals surface area (Å²) in [5, 5.41) is 6.36. The van der Waals surface area contributed by atoms with Crippen LogP contribution in [0.25, 0.3) is 0 Å². The van der Waals surface area contributed by atoms with Gasteiger partial charge < -0.3 is 24.8 Å². The smallest absolute Gasteiger partial charge is 0.338 e. The van der Waals surface area contributed by atoms with Crippen molar-refractivity contribution in [1.29, 1.82) is 0 Å². The molecule has 0 radical (unpaired) electrons. The monoisotopic (exact) mass is 689 g/mol. The maximum absolute atomic E-state index is 16.1. The molecule has 3 aromatic carbocycles. The first-order valence-electron chi connectivity index (χ1n) is 15.0. The molecule has 252 valence electrons. The van der Waals surface area contributed by atoms with Gasteiger partial charge in [0.1, 0.15) is 24.0 Å². The summed E-state index contributed by atoms with van der Waals surface area (Å²) in [6.07, 6.45) is 2.04. The normalized spacial score (nSPS) is 21.2. The second-order valence-corrected chi connectivity index (χ2v) is 13.4. The number of carbonyl (C=O) groups excluding carboxylic acids is 2. The summed E-state index contributed by atoms with van der Waals surface area (Å²) < 4.78 is 47.8. The van der Waals surface area contributed by atoms with Crippen LogP contribution in [0.4, 0.5) is 14.5 Å². The minimum Gasteiger partial charge on any atom is -0.495 e. The lowest BCUT2D eigenvalue weighted by Crippen LogP contribution is -2.47. The van der Waals surface area contributed by atoms with Gasteiger partial charge in [0.25, 0.3) is 0 Å². The Bertz CT molecular complexity index is 1650. The maximum Gasteiger partial charge on any atom is 0.338 e. The van der Waals surface area contributed by atoms with Gasteiger partial charge in [-0.05, 0) is 53.8 Å². The SMILES string of the molecule is CN=CC1(c2ccc(Cl)cc2F)C(CC(C)(C)C)NC(C(=O)Nc2ccc(C(=O)OCCOC)cc2OC)C1c1cccc(Cl)c1F. The van der Waals surface area contributed by atoms with E-state index < -0.39 is 46.9 Å². The van der Waals surface area contributed by atoms with Crippen LogP contribution in [-0.4, -0.2) is 64.7 Å².